The Labute approximate surface area is 124 Å². The van der Waals surface area contributed by atoms with Crippen molar-refractivity contribution < 1.29 is 35.9 Å². The van der Waals surface area contributed by atoms with Gasteiger partial charge in [-0.15, -0.1) is 0 Å². The summed E-state index contributed by atoms with van der Waals surface area (Å²) in [7, 11) is -1.39. The largest absolute Gasteiger partial charge is 0.456 e. The summed E-state index contributed by atoms with van der Waals surface area (Å²) in [6.45, 7) is 8.63. The molecule has 0 unspecified atom stereocenters. The minimum Gasteiger partial charge on any atom is -0.289 e. The lowest BCUT2D eigenvalue weighted by Crippen LogP contribution is -2.46. The molecule has 0 amide bonds. The fraction of sp³-hybridized carbons (Fsp3) is 0.818. The third-order valence-electron chi connectivity index (χ3n) is 2.80. The summed E-state index contributed by atoms with van der Waals surface area (Å²) in [5.41, 5.74) is 0. The van der Waals surface area contributed by atoms with E-state index in [-0.39, 0.29) is 0 Å². The van der Waals surface area contributed by atoms with Gasteiger partial charge in [0.25, 0.3) is 0 Å². The van der Waals surface area contributed by atoms with E-state index in [0.29, 0.717) is 5.04 Å². The molecule has 10 heteroatoms. The summed E-state index contributed by atoms with van der Waals surface area (Å²) in [5.74, 6) is -11.6. The molecular formula is C11H17ClF6O2Si. The molecule has 0 rings (SSSR count). The van der Waals surface area contributed by atoms with Crippen LogP contribution in [0.3, 0.4) is 0 Å². The Morgan fingerprint density at radius 2 is 1.29 bits per heavy atom. The Kier molecular flexibility index (Phi) is 7.70. The van der Waals surface area contributed by atoms with Gasteiger partial charge in [-0.1, -0.05) is 33.9 Å². The number of hydrogen-bond acceptors (Lipinski definition) is 2. The van der Waals surface area contributed by atoms with Crippen molar-refractivity contribution in [1.82, 2.24) is 0 Å². The Morgan fingerprint density at radius 3 is 1.43 bits per heavy atom. The lowest BCUT2D eigenvalue weighted by Gasteiger charge is -2.29. The summed E-state index contributed by atoms with van der Waals surface area (Å²) in [5, 5.41) is 0.342. The van der Waals surface area contributed by atoms with Crippen LogP contribution >= 0.6 is 11.1 Å². The molecule has 2 nitrogen and oxygen atoms in total. The summed E-state index contributed by atoms with van der Waals surface area (Å²) in [6, 6.07) is 0. The van der Waals surface area contributed by atoms with Crippen LogP contribution in [-0.4, -0.2) is 37.7 Å². The maximum atomic E-state index is 12.0. The van der Waals surface area contributed by atoms with Crippen molar-refractivity contribution in [1.29, 1.82) is 0 Å². The van der Waals surface area contributed by atoms with E-state index in [9.17, 15) is 35.9 Å². The molecule has 0 aromatic rings. The molecule has 0 saturated heterocycles. The zero-order chi connectivity index (χ0) is 17.9. The van der Waals surface area contributed by atoms with E-state index in [1.807, 2.05) is 0 Å². The van der Waals surface area contributed by atoms with Gasteiger partial charge in [0.2, 0.25) is 5.78 Å². The summed E-state index contributed by atoms with van der Waals surface area (Å²) < 4.78 is 69.4. The highest BCUT2D eigenvalue weighted by molar-refractivity contribution is 7.20. The Bertz CT molecular complexity index is 370. The number of alkyl halides is 6. The normalized spacial score (nSPS) is 13.3. The predicted octanol–water partition coefficient (Wildman–Crippen LogP) is 4.52. The average Bonchev–Trinajstić information content (AvgIpc) is 2.23. The van der Waals surface area contributed by atoms with E-state index in [0.717, 1.165) is 0 Å². The lowest BCUT2D eigenvalue weighted by atomic mass is 10.1. The lowest BCUT2D eigenvalue weighted by molar-refractivity contribution is -0.196. The maximum absolute atomic E-state index is 12.0. The quantitative estimate of drug-likeness (QED) is 0.322. The van der Waals surface area contributed by atoms with E-state index in [4.69, 9.17) is 11.1 Å². The van der Waals surface area contributed by atoms with Crippen LogP contribution in [0.2, 0.25) is 18.1 Å². The van der Waals surface area contributed by atoms with Gasteiger partial charge in [0, 0.05) is 0 Å². The van der Waals surface area contributed by atoms with Crippen molar-refractivity contribution in [2.24, 2.45) is 0 Å². The van der Waals surface area contributed by atoms with Crippen molar-refractivity contribution in [3.63, 3.8) is 0 Å². The Hall–Kier alpha value is -0.573. The van der Waals surface area contributed by atoms with Gasteiger partial charge in [-0.05, 0) is 5.04 Å². The van der Waals surface area contributed by atoms with Gasteiger partial charge in [-0.3, -0.25) is 9.59 Å². The van der Waals surface area contributed by atoms with Gasteiger partial charge < -0.3 is 0 Å². The topological polar surface area (TPSA) is 34.1 Å². The molecule has 0 aromatic carbocycles. The second kappa shape index (κ2) is 7.13. The molecule has 126 valence electrons. The smallest absolute Gasteiger partial charge is 0.289 e. The Balaban J connectivity index is 0. The van der Waals surface area contributed by atoms with Crippen LogP contribution in [0.4, 0.5) is 26.3 Å². The van der Waals surface area contributed by atoms with Crippen molar-refractivity contribution >= 4 is 30.0 Å². The second-order valence-corrected chi connectivity index (χ2v) is 13.0. The third-order valence-corrected chi connectivity index (χ3v) is 8.07. The first-order valence-electron chi connectivity index (χ1n) is 5.66. The van der Waals surface area contributed by atoms with Crippen molar-refractivity contribution in [3.8, 4) is 0 Å². The van der Waals surface area contributed by atoms with E-state index in [2.05, 4.69) is 33.9 Å². The van der Waals surface area contributed by atoms with Crippen LogP contribution in [0.15, 0.2) is 0 Å². The molecule has 0 radical (unpaired) electrons. The minimum atomic E-state index is -5.85. The first-order valence-corrected chi connectivity index (χ1v) is 9.67. The van der Waals surface area contributed by atoms with Gasteiger partial charge in [-0.2, -0.15) is 33.0 Å². The number of carbonyl (C=O) groups excluding carboxylic acids is 2. The zero-order valence-electron chi connectivity index (χ0n) is 12.2. The van der Waals surface area contributed by atoms with Crippen LogP contribution in [0.5, 0.6) is 0 Å². The number of rotatable bonds is 3. The molecule has 0 aliphatic heterocycles. The van der Waals surface area contributed by atoms with E-state index < -0.39 is 37.7 Å². The van der Waals surface area contributed by atoms with Crippen LogP contribution in [0, 0.1) is 0 Å². The molecular weight excluding hydrogens is 342 g/mol. The van der Waals surface area contributed by atoms with Gasteiger partial charge >= 0.3 is 17.9 Å². The maximum Gasteiger partial charge on any atom is 0.456 e. The SMILES string of the molecule is CC(C)(C)[Si](C)(C)Cl.O=C(CF)C(F)(F)C(=O)C(F)(F)F. The molecule has 0 aliphatic carbocycles. The van der Waals surface area contributed by atoms with Crippen LogP contribution in [0.1, 0.15) is 20.8 Å². The first kappa shape index (κ1) is 22.7. The minimum absolute atomic E-state index is 0.342. The number of Topliss-reactive ketones (excluding diaryl/α,β-unsaturated/α-hetero) is 2. The average molecular weight is 359 g/mol. The number of ketones is 2. The molecule has 0 heterocycles. The van der Waals surface area contributed by atoms with Crippen molar-refractivity contribution in [2.75, 3.05) is 6.67 Å². The molecule has 0 spiro atoms. The molecule has 0 saturated carbocycles. The molecule has 0 aromatic heterocycles. The standard InChI is InChI=1S/C6H15ClSi.C5H2F6O2/c1-6(2,3)8(4,5)7;6-1-2(12)4(7,8)3(13)5(9,10)11/h1-5H3;1H2. The van der Waals surface area contributed by atoms with Crippen LogP contribution in [-0.2, 0) is 9.59 Å². The highest BCUT2D eigenvalue weighted by Crippen LogP contribution is 2.38. The molecule has 0 aliphatic rings. The second-order valence-electron chi connectivity index (χ2n) is 5.68. The van der Waals surface area contributed by atoms with Gasteiger partial charge in [-0.25, -0.2) is 4.39 Å². The highest BCUT2D eigenvalue weighted by Gasteiger charge is 2.59. The van der Waals surface area contributed by atoms with E-state index in [1.165, 1.54) is 0 Å². The predicted molar refractivity (Wildman–Crippen MR) is 70.0 cm³/mol. The number of halogens is 7. The summed E-state index contributed by atoms with van der Waals surface area (Å²) >= 11 is 6.15. The molecule has 0 atom stereocenters. The first-order chi connectivity index (χ1) is 8.89. The molecule has 0 bridgehead atoms. The third kappa shape index (κ3) is 7.30. The fourth-order valence-corrected chi connectivity index (χ4v) is 0.389. The van der Waals surface area contributed by atoms with Crippen LogP contribution < -0.4 is 0 Å². The van der Waals surface area contributed by atoms with Gasteiger partial charge in [0.15, 0.2) is 14.1 Å². The van der Waals surface area contributed by atoms with Crippen LogP contribution in [0.25, 0.3) is 0 Å². The Morgan fingerprint density at radius 1 is 1.00 bits per heavy atom. The number of carbonyl (C=O) groups is 2. The van der Waals surface area contributed by atoms with E-state index in [1.54, 1.807) is 0 Å². The van der Waals surface area contributed by atoms with Crippen molar-refractivity contribution in [3.05, 3.63) is 0 Å². The fourth-order valence-electron chi connectivity index (χ4n) is 0.389. The summed E-state index contributed by atoms with van der Waals surface area (Å²) in [6.07, 6.45) is -5.85. The van der Waals surface area contributed by atoms with Gasteiger partial charge in [0.1, 0.15) is 0 Å². The molecule has 0 N–H and O–H groups in total. The summed E-state index contributed by atoms with van der Waals surface area (Å²) in [4.78, 5) is 19.7. The van der Waals surface area contributed by atoms with Gasteiger partial charge in [0.05, 0.1) is 0 Å². The molecule has 0 fully saturated rings. The monoisotopic (exact) mass is 358 g/mol. The zero-order valence-corrected chi connectivity index (χ0v) is 13.9. The highest BCUT2D eigenvalue weighted by atomic mass is 35.6. The van der Waals surface area contributed by atoms with Crippen molar-refractivity contribution in [2.45, 2.75) is 51.0 Å². The van der Waals surface area contributed by atoms with E-state index >= 15 is 0 Å². The molecule has 21 heavy (non-hydrogen) atoms. The number of hydrogen-bond donors (Lipinski definition) is 0.